The Labute approximate surface area is 78.2 Å². The first-order valence-electron chi connectivity index (χ1n) is 4.98. The lowest BCUT2D eigenvalue weighted by Gasteiger charge is -2.17. The maximum atomic E-state index is 5.39. The minimum absolute atomic E-state index is 0.422. The van der Waals surface area contributed by atoms with Crippen molar-refractivity contribution in [2.24, 2.45) is 5.41 Å². The second-order valence-electron chi connectivity index (χ2n) is 4.42. The number of rotatable bonds is 1. The summed E-state index contributed by atoms with van der Waals surface area (Å²) < 4.78 is 10.7. The van der Waals surface area contributed by atoms with Gasteiger partial charge in [-0.2, -0.15) is 0 Å². The van der Waals surface area contributed by atoms with Crippen molar-refractivity contribution in [3.63, 3.8) is 0 Å². The normalized spacial score (nSPS) is 28.8. The Hall–Kier alpha value is -0.920. The van der Waals surface area contributed by atoms with Crippen molar-refractivity contribution in [1.29, 1.82) is 0 Å². The Bertz CT molecular complexity index is 308. The molecule has 1 heterocycles. The molecule has 2 aliphatic carbocycles. The van der Waals surface area contributed by atoms with E-state index < -0.39 is 0 Å². The first-order valence-corrected chi connectivity index (χ1v) is 4.98. The Kier molecular flexibility index (Phi) is 1.33. The van der Waals surface area contributed by atoms with Crippen LogP contribution in [0.2, 0.25) is 0 Å². The van der Waals surface area contributed by atoms with E-state index in [9.17, 15) is 0 Å². The second-order valence-corrected chi connectivity index (χ2v) is 4.42. The Morgan fingerprint density at radius 1 is 1.23 bits per heavy atom. The quantitative estimate of drug-likeness (QED) is 0.614. The zero-order chi connectivity index (χ0) is 8.89. The van der Waals surface area contributed by atoms with Crippen molar-refractivity contribution >= 4 is 0 Å². The SMILES string of the molecule is CC1(C2=CC3=C(CC2)OCO3)CC1. The van der Waals surface area contributed by atoms with Crippen molar-refractivity contribution < 1.29 is 9.47 Å². The zero-order valence-corrected chi connectivity index (χ0v) is 7.93. The van der Waals surface area contributed by atoms with Gasteiger partial charge in [0.2, 0.25) is 6.79 Å². The van der Waals surface area contributed by atoms with Gasteiger partial charge in [-0.1, -0.05) is 12.5 Å². The average Bonchev–Trinajstić information content (AvgIpc) is 2.74. The molecule has 1 aliphatic heterocycles. The summed E-state index contributed by atoms with van der Waals surface area (Å²) in [5.41, 5.74) is 2.07. The summed E-state index contributed by atoms with van der Waals surface area (Å²) in [5, 5.41) is 0. The highest BCUT2D eigenvalue weighted by atomic mass is 16.7. The van der Waals surface area contributed by atoms with Crippen LogP contribution in [0, 0.1) is 5.41 Å². The Morgan fingerprint density at radius 3 is 2.85 bits per heavy atom. The van der Waals surface area contributed by atoms with Crippen molar-refractivity contribution in [2.45, 2.75) is 32.6 Å². The van der Waals surface area contributed by atoms with Crippen molar-refractivity contribution in [3.8, 4) is 0 Å². The molecule has 0 aromatic carbocycles. The molecular formula is C11H14O2. The van der Waals surface area contributed by atoms with E-state index in [0.717, 1.165) is 17.9 Å². The van der Waals surface area contributed by atoms with E-state index in [1.807, 2.05) is 0 Å². The molecule has 0 atom stereocenters. The molecule has 0 spiro atoms. The fourth-order valence-electron chi connectivity index (χ4n) is 2.10. The molecule has 0 amide bonds. The summed E-state index contributed by atoms with van der Waals surface area (Å²) in [7, 11) is 0. The number of ether oxygens (including phenoxy) is 2. The molecule has 70 valence electrons. The Balaban J connectivity index is 1.91. The van der Waals surface area contributed by atoms with Crippen LogP contribution >= 0.6 is 0 Å². The van der Waals surface area contributed by atoms with E-state index in [-0.39, 0.29) is 0 Å². The van der Waals surface area contributed by atoms with E-state index in [1.54, 1.807) is 5.57 Å². The van der Waals surface area contributed by atoms with Crippen LogP contribution in [0.5, 0.6) is 0 Å². The predicted octanol–water partition coefficient (Wildman–Crippen LogP) is 2.72. The highest BCUT2D eigenvalue weighted by Crippen LogP contribution is 2.54. The second kappa shape index (κ2) is 2.31. The highest BCUT2D eigenvalue weighted by molar-refractivity contribution is 5.34. The highest BCUT2D eigenvalue weighted by Gasteiger charge is 2.42. The van der Waals surface area contributed by atoms with E-state index in [2.05, 4.69) is 13.0 Å². The van der Waals surface area contributed by atoms with Crippen LogP contribution in [-0.2, 0) is 9.47 Å². The van der Waals surface area contributed by atoms with Gasteiger partial charge in [0.1, 0.15) is 5.76 Å². The van der Waals surface area contributed by atoms with E-state index in [1.165, 1.54) is 19.3 Å². The van der Waals surface area contributed by atoms with Crippen LogP contribution in [0.25, 0.3) is 0 Å². The van der Waals surface area contributed by atoms with Gasteiger partial charge in [-0.3, -0.25) is 0 Å². The lowest BCUT2D eigenvalue weighted by Crippen LogP contribution is -2.05. The zero-order valence-electron chi connectivity index (χ0n) is 7.93. The monoisotopic (exact) mass is 178 g/mol. The third kappa shape index (κ3) is 1.08. The van der Waals surface area contributed by atoms with Gasteiger partial charge < -0.3 is 9.47 Å². The third-order valence-electron chi connectivity index (χ3n) is 3.42. The first kappa shape index (κ1) is 7.48. The van der Waals surface area contributed by atoms with Crippen LogP contribution in [0.15, 0.2) is 23.2 Å². The van der Waals surface area contributed by atoms with Gasteiger partial charge in [0.05, 0.1) is 0 Å². The largest absolute Gasteiger partial charge is 0.458 e. The molecule has 3 aliphatic rings. The molecule has 0 aromatic rings. The molecule has 0 radical (unpaired) electrons. The molecule has 0 saturated heterocycles. The molecule has 1 fully saturated rings. The van der Waals surface area contributed by atoms with Gasteiger partial charge in [0, 0.05) is 6.42 Å². The minimum atomic E-state index is 0.422. The molecule has 0 bridgehead atoms. The van der Waals surface area contributed by atoms with Crippen LogP contribution in [-0.4, -0.2) is 6.79 Å². The minimum Gasteiger partial charge on any atom is -0.458 e. The molecule has 3 rings (SSSR count). The van der Waals surface area contributed by atoms with Gasteiger partial charge in [-0.25, -0.2) is 0 Å². The molecule has 0 aromatic heterocycles. The van der Waals surface area contributed by atoms with Crippen molar-refractivity contribution in [1.82, 2.24) is 0 Å². The van der Waals surface area contributed by atoms with Crippen LogP contribution in [0.3, 0.4) is 0 Å². The summed E-state index contributed by atoms with van der Waals surface area (Å²) in [4.78, 5) is 0. The summed E-state index contributed by atoms with van der Waals surface area (Å²) in [6.07, 6.45) is 7.11. The van der Waals surface area contributed by atoms with E-state index >= 15 is 0 Å². The molecule has 2 nitrogen and oxygen atoms in total. The fraction of sp³-hybridized carbons (Fsp3) is 0.636. The van der Waals surface area contributed by atoms with Crippen LogP contribution in [0.4, 0.5) is 0 Å². The summed E-state index contributed by atoms with van der Waals surface area (Å²) in [5.74, 6) is 2.06. The lowest BCUT2D eigenvalue weighted by atomic mass is 9.90. The van der Waals surface area contributed by atoms with Gasteiger partial charge in [-0.05, 0) is 30.8 Å². The van der Waals surface area contributed by atoms with E-state index in [4.69, 9.17) is 9.47 Å². The smallest absolute Gasteiger partial charge is 0.230 e. The number of hydrogen-bond donors (Lipinski definition) is 0. The fourth-order valence-corrected chi connectivity index (χ4v) is 2.10. The molecule has 1 saturated carbocycles. The Morgan fingerprint density at radius 2 is 2.08 bits per heavy atom. The third-order valence-corrected chi connectivity index (χ3v) is 3.42. The maximum absolute atomic E-state index is 5.39. The molecular weight excluding hydrogens is 164 g/mol. The lowest BCUT2D eigenvalue weighted by molar-refractivity contribution is 0.0729. The molecule has 13 heavy (non-hydrogen) atoms. The summed E-state index contributed by atoms with van der Waals surface area (Å²) in [6.45, 7) is 2.77. The summed E-state index contributed by atoms with van der Waals surface area (Å²) in [6, 6.07) is 0. The average molecular weight is 178 g/mol. The number of allylic oxidation sites excluding steroid dienone is 3. The first-order chi connectivity index (χ1) is 6.28. The van der Waals surface area contributed by atoms with E-state index in [0.29, 0.717) is 12.2 Å². The summed E-state index contributed by atoms with van der Waals surface area (Å²) >= 11 is 0. The van der Waals surface area contributed by atoms with Gasteiger partial charge >= 0.3 is 0 Å². The predicted molar refractivity (Wildman–Crippen MR) is 48.7 cm³/mol. The van der Waals surface area contributed by atoms with Gasteiger partial charge in [0.25, 0.3) is 0 Å². The topological polar surface area (TPSA) is 18.5 Å². The molecule has 2 heteroatoms. The van der Waals surface area contributed by atoms with Gasteiger partial charge in [-0.15, -0.1) is 0 Å². The van der Waals surface area contributed by atoms with Gasteiger partial charge in [0.15, 0.2) is 5.76 Å². The number of hydrogen-bond acceptors (Lipinski definition) is 2. The van der Waals surface area contributed by atoms with Crippen molar-refractivity contribution in [3.05, 3.63) is 23.2 Å². The maximum Gasteiger partial charge on any atom is 0.230 e. The molecule has 0 unspecified atom stereocenters. The standard InChI is InChI=1S/C11H14O2/c1-11(4-5-11)8-2-3-9-10(6-8)13-7-12-9/h6H,2-5,7H2,1H3. The van der Waals surface area contributed by atoms with Crippen LogP contribution < -0.4 is 0 Å². The van der Waals surface area contributed by atoms with Crippen LogP contribution in [0.1, 0.15) is 32.6 Å². The molecule has 0 N–H and O–H groups in total. The van der Waals surface area contributed by atoms with Crippen molar-refractivity contribution in [2.75, 3.05) is 6.79 Å².